The molecule has 0 saturated carbocycles. The monoisotopic (exact) mass is 337 g/mol. The van der Waals surface area contributed by atoms with E-state index in [9.17, 15) is 9.59 Å². The van der Waals surface area contributed by atoms with Crippen LogP contribution in [0.5, 0.6) is 0 Å². The molecule has 128 valence electrons. The molecule has 0 aliphatic carbocycles. The first-order valence-electron chi connectivity index (χ1n) is 7.98. The fourth-order valence-corrected chi connectivity index (χ4v) is 2.38. The molecular weight excluding hydrogens is 318 g/mol. The highest BCUT2D eigenvalue weighted by atomic mass is 16.3. The van der Waals surface area contributed by atoms with Gasteiger partial charge in [-0.05, 0) is 55.5 Å². The summed E-state index contributed by atoms with van der Waals surface area (Å²) >= 11 is 0. The average Bonchev–Trinajstić information content (AvgIpc) is 3.33. The Labute approximate surface area is 145 Å². The molecule has 0 spiro atoms. The zero-order valence-electron chi connectivity index (χ0n) is 13.8. The number of nitrogens with zero attached hydrogens (tertiary/aromatic N) is 1. The highest BCUT2D eigenvalue weighted by Gasteiger charge is 2.16. The lowest BCUT2D eigenvalue weighted by atomic mass is 10.1. The van der Waals surface area contributed by atoms with Crippen LogP contribution in [0.25, 0.3) is 5.69 Å². The van der Waals surface area contributed by atoms with Gasteiger partial charge in [0, 0.05) is 23.6 Å². The fraction of sp³-hybridized carbons (Fsp3) is 0.158. The minimum atomic E-state index is -0.647. The van der Waals surface area contributed by atoms with E-state index in [-0.39, 0.29) is 18.4 Å². The van der Waals surface area contributed by atoms with Crippen molar-refractivity contribution in [1.29, 1.82) is 0 Å². The third kappa shape index (κ3) is 4.17. The lowest BCUT2D eigenvalue weighted by molar-refractivity contribution is -0.122. The molecule has 0 unspecified atom stereocenters. The highest BCUT2D eigenvalue weighted by Crippen LogP contribution is 2.10. The maximum absolute atomic E-state index is 12.3. The van der Waals surface area contributed by atoms with Gasteiger partial charge in [-0.3, -0.25) is 9.59 Å². The quantitative estimate of drug-likeness (QED) is 0.725. The Hall–Kier alpha value is -3.28. The van der Waals surface area contributed by atoms with Gasteiger partial charge in [0.15, 0.2) is 0 Å². The van der Waals surface area contributed by atoms with Crippen LogP contribution in [-0.4, -0.2) is 22.4 Å². The van der Waals surface area contributed by atoms with Crippen molar-refractivity contribution in [3.05, 3.63) is 78.5 Å². The Morgan fingerprint density at radius 2 is 1.80 bits per heavy atom. The lowest BCUT2D eigenvalue weighted by Crippen LogP contribution is -2.44. The van der Waals surface area contributed by atoms with Gasteiger partial charge < -0.3 is 19.6 Å². The van der Waals surface area contributed by atoms with Crippen LogP contribution in [0.3, 0.4) is 0 Å². The van der Waals surface area contributed by atoms with E-state index in [2.05, 4.69) is 10.6 Å². The molecule has 2 heterocycles. The first-order valence-corrected chi connectivity index (χ1v) is 7.98. The van der Waals surface area contributed by atoms with Crippen molar-refractivity contribution in [1.82, 2.24) is 15.2 Å². The summed E-state index contributed by atoms with van der Waals surface area (Å²) in [6.45, 7) is 1.93. The summed E-state index contributed by atoms with van der Waals surface area (Å²) in [5.41, 5.74) is 1.47. The third-order valence-corrected chi connectivity index (χ3v) is 3.79. The van der Waals surface area contributed by atoms with Crippen molar-refractivity contribution in [3.8, 4) is 5.69 Å². The largest absolute Gasteiger partial charge is 0.467 e. The summed E-state index contributed by atoms with van der Waals surface area (Å²) in [5, 5.41) is 5.41. The maximum Gasteiger partial charge on any atom is 0.251 e. The average molecular weight is 337 g/mol. The van der Waals surface area contributed by atoms with Crippen LogP contribution in [0, 0.1) is 0 Å². The van der Waals surface area contributed by atoms with E-state index < -0.39 is 6.04 Å². The predicted octanol–water partition coefficient (Wildman–Crippen LogP) is 2.51. The second kappa shape index (κ2) is 7.53. The summed E-state index contributed by atoms with van der Waals surface area (Å²) in [6, 6.07) is 13.9. The topological polar surface area (TPSA) is 76.3 Å². The number of benzene rings is 1. The zero-order valence-corrected chi connectivity index (χ0v) is 13.8. The van der Waals surface area contributed by atoms with Crippen molar-refractivity contribution in [2.24, 2.45) is 0 Å². The Balaban J connectivity index is 1.54. The van der Waals surface area contributed by atoms with Gasteiger partial charge in [0.25, 0.3) is 5.91 Å². The van der Waals surface area contributed by atoms with Gasteiger partial charge in [-0.1, -0.05) is 0 Å². The molecule has 0 fully saturated rings. The normalized spacial score (nSPS) is 11.7. The van der Waals surface area contributed by atoms with Crippen LogP contribution >= 0.6 is 0 Å². The molecule has 2 aromatic heterocycles. The molecule has 0 bridgehead atoms. The van der Waals surface area contributed by atoms with Gasteiger partial charge in [0.05, 0.1) is 12.8 Å². The number of hydrogen-bond acceptors (Lipinski definition) is 3. The van der Waals surface area contributed by atoms with Crippen molar-refractivity contribution in [2.45, 2.75) is 19.5 Å². The predicted molar refractivity (Wildman–Crippen MR) is 93.3 cm³/mol. The summed E-state index contributed by atoms with van der Waals surface area (Å²) in [7, 11) is 0. The van der Waals surface area contributed by atoms with Crippen LogP contribution in [-0.2, 0) is 11.3 Å². The zero-order chi connectivity index (χ0) is 17.6. The van der Waals surface area contributed by atoms with Gasteiger partial charge >= 0.3 is 0 Å². The van der Waals surface area contributed by atoms with Gasteiger partial charge in [-0.2, -0.15) is 0 Å². The van der Waals surface area contributed by atoms with Crippen molar-refractivity contribution in [2.75, 3.05) is 0 Å². The van der Waals surface area contributed by atoms with Crippen LogP contribution in [0.15, 0.2) is 71.6 Å². The summed E-state index contributed by atoms with van der Waals surface area (Å²) in [5.74, 6) is 0.0980. The second-order valence-electron chi connectivity index (χ2n) is 5.63. The number of furan rings is 1. The van der Waals surface area contributed by atoms with E-state index in [1.165, 1.54) is 0 Å². The molecule has 1 aromatic carbocycles. The summed E-state index contributed by atoms with van der Waals surface area (Å²) < 4.78 is 7.10. The van der Waals surface area contributed by atoms with E-state index in [0.717, 1.165) is 5.69 Å². The highest BCUT2D eigenvalue weighted by molar-refractivity contribution is 5.97. The third-order valence-electron chi connectivity index (χ3n) is 3.79. The van der Waals surface area contributed by atoms with Gasteiger partial charge in [0.1, 0.15) is 11.8 Å². The Bertz CT molecular complexity index is 821. The van der Waals surface area contributed by atoms with E-state index in [1.54, 1.807) is 37.5 Å². The number of aromatic nitrogens is 1. The molecular formula is C19H19N3O3. The summed E-state index contributed by atoms with van der Waals surface area (Å²) in [6.07, 6.45) is 5.41. The first-order chi connectivity index (χ1) is 12.1. The molecule has 3 aromatic rings. The molecule has 1 atom stereocenters. The number of carbonyl (C=O) groups excluding carboxylic acids is 2. The van der Waals surface area contributed by atoms with Gasteiger partial charge in [-0.15, -0.1) is 0 Å². The number of rotatable bonds is 6. The van der Waals surface area contributed by atoms with Crippen LogP contribution in [0.2, 0.25) is 0 Å². The molecule has 25 heavy (non-hydrogen) atoms. The molecule has 6 nitrogen and oxygen atoms in total. The number of amides is 2. The Morgan fingerprint density at radius 1 is 1.08 bits per heavy atom. The van der Waals surface area contributed by atoms with E-state index in [0.29, 0.717) is 11.3 Å². The van der Waals surface area contributed by atoms with E-state index >= 15 is 0 Å². The van der Waals surface area contributed by atoms with Crippen LogP contribution in [0.1, 0.15) is 23.0 Å². The number of nitrogens with one attached hydrogen (secondary N) is 2. The van der Waals surface area contributed by atoms with Gasteiger partial charge in [0.2, 0.25) is 5.91 Å². The molecule has 2 N–H and O–H groups in total. The molecule has 0 saturated heterocycles. The fourth-order valence-electron chi connectivity index (χ4n) is 2.38. The summed E-state index contributed by atoms with van der Waals surface area (Å²) in [4.78, 5) is 24.3. The van der Waals surface area contributed by atoms with Gasteiger partial charge in [-0.25, -0.2) is 0 Å². The second-order valence-corrected chi connectivity index (χ2v) is 5.63. The minimum absolute atomic E-state index is 0.270. The van der Waals surface area contributed by atoms with Crippen LogP contribution < -0.4 is 10.6 Å². The molecule has 3 rings (SSSR count). The van der Waals surface area contributed by atoms with E-state index in [4.69, 9.17) is 4.42 Å². The van der Waals surface area contributed by atoms with Crippen molar-refractivity contribution in [3.63, 3.8) is 0 Å². The van der Waals surface area contributed by atoms with E-state index in [1.807, 2.05) is 41.2 Å². The van der Waals surface area contributed by atoms with Crippen molar-refractivity contribution < 1.29 is 14.0 Å². The maximum atomic E-state index is 12.3. The number of carbonyl (C=O) groups is 2. The minimum Gasteiger partial charge on any atom is -0.467 e. The molecule has 6 heteroatoms. The smallest absolute Gasteiger partial charge is 0.251 e. The van der Waals surface area contributed by atoms with Crippen LogP contribution in [0.4, 0.5) is 0 Å². The Kier molecular flexibility index (Phi) is 4.99. The molecule has 2 amide bonds. The SMILES string of the molecule is C[C@H](NC(=O)c1ccc(-n2cccc2)cc1)C(=O)NCc1ccco1. The molecule has 0 radical (unpaired) electrons. The standard InChI is InChI=1S/C19H19N3O3/c1-14(18(23)20-13-17-5-4-12-25-17)21-19(24)15-6-8-16(9-7-15)22-10-2-3-11-22/h2-12,14H,13H2,1H3,(H,20,23)(H,21,24)/t14-/m0/s1. The molecule has 0 aliphatic rings. The Morgan fingerprint density at radius 3 is 2.44 bits per heavy atom. The lowest BCUT2D eigenvalue weighted by Gasteiger charge is -2.14. The first kappa shape index (κ1) is 16.6. The number of hydrogen-bond donors (Lipinski definition) is 2. The molecule has 0 aliphatic heterocycles. The van der Waals surface area contributed by atoms with Crippen molar-refractivity contribution >= 4 is 11.8 Å².